The van der Waals surface area contributed by atoms with Gasteiger partial charge in [0.1, 0.15) is 6.07 Å². The third-order valence-electron chi connectivity index (χ3n) is 4.62. The summed E-state index contributed by atoms with van der Waals surface area (Å²) in [6.45, 7) is 1.71. The summed E-state index contributed by atoms with van der Waals surface area (Å²) in [7, 11) is 0. The Bertz CT molecular complexity index is 1400. The van der Waals surface area contributed by atoms with Gasteiger partial charge >= 0.3 is 5.97 Å². The SMILES string of the molecule is Cc1c(C#N)c2nc3ccccc3n2c(=O)c1=CNc1ccc(C(=O)O)cc1. The van der Waals surface area contributed by atoms with Gasteiger partial charge in [-0.25, -0.2) is 9.78 Å². The molecule has 28 heavy (non-hydrogen) atoms. The van der Waals surface area contributed by atoms with Crippen LogP contribution < -0.4 is 16.1 Å². The van der Waals surface area contributed by atoms with E-state index in [1.807, 2.05) is 12.1 Å². The Morgan fingerprint density at radius 1 is 1.21 bits per heavy atom. The molecule has 0 unspecified atom stereocenters. The first kappa shape index (κ1) is 17.2. The van der Waals surface area contributed by atoms with Gasteiger partial charge in [-0.3, -0.25) is 9.20 Å². The third kappa shape index (κ3) is 2.64. The van der Waals surface area contributed by atoms with Crippen LogP contribution in [0.15, 0.2) is 53.3 Å². The molecule has 7 nitrogen and oxygen atoms in total. The summed E-state index contributed by atoms with van der Waals surface area (Å²) in [5, 5.41) is 21.9. The molecule has 2 N–H and O–H groups in total. The number of rotatable bonds is 3. The lowest BCUT2D eigenvalue weighted by molar-refractivity contribution is 0.0697. The molecule has 0 aliphatic carbocycles. The lowest BCUT2D eigenvalue weighted by atomic mass is 10.1. The van der Waals surface area contributed by atoms with E-state index in [2.05, 4.69) is 16.4 Å². The number of nitriles is 1. The number of carbonyl (C=O) groups is 1. The summed E-state index contributed by atoms with van der Waals surface area (Å²) < 4.78 is 1.45. The number of aromatic nitrogens is 2. The molecule has 4 aromatic rings. The Kier molecular flexibility index (Phi) is 4.02. The van der Waals surface area contributed by atoms with Crippen molar-refractivity contribution in [2.24, 2.45) is 0 Å². The standard InChI is InChI=1S/C21H14N4O3/c1-12-15(10-22)19-24-17-4-2-3-5-18(17)25(19)20(26)16(12)11-23-14-8-6-13(7-9-14)21(27)28/h2-9,11,23H,1H3,(H,27,28). The van der Waals surface area contributed by atoms with Crippen molar-refractivity contribution in [1.82, 2.24) is 9.38 Å². The number of benzene rings is 2. The second-order valence-electron chi connectivity index (χ2n) is 6.26. The molecule has 0 aliphatic heterocycles. The first-order chi connectivity index (χ1) is 13.5. The Balaban J connectivity index is 1.92. The van der Waals surface area contributed by atoms with E-state index in [-0.39, 0.29) is 11.1 Å². The summed E-state index contributed by atoms with van der Waals surface area (Å²) in [4.78, 5) is 28.5. The van der Waals surface area contributed by atoms with Crippen molar-refractivity contribution in [3.63, 3.8) is 0 Å². The van der Waals surface area contributed by atoms with E-state index in [1.165, 1.54) is 22.7 Å². The highest BCUT2D eigenvalue weighted by atomic mass is 16.4. The van der Waals surface area contributed by atoms with Crippen molar-refractivity contribution < 1.29 is 9.90 Å². The van der Waals surface area contributed by atoms with Crippen molar-refractivity contribution in [2.75, 3.05) is 5.32 Å². The van der Waals surface area contributed by atoms with Crippen LogP contribution in [0.4, 0.5) is 5.69 Å². The van der Waals surface area contributed by atoms with Crippen molar-refractivity contribution in [3.05, 3.63) is 80.8 Å². The fraction of sp³-hybridized carbons (Fsp3) is 0.0476. The van der Waals surface area contributed by atoms with Crippen LogP contribution >= 0.6 is 0 Å². The van der Waals surface area contributed by atoms with Crippen molar-refractivity contribution in [3.8, 4) is 6.07 Å². The van der Waals surface area contributed by atoms with Gasteiger partial charge < -0.3 is 10.4 Å². The number of hydrogen-bond acceptors (Lipinski definition) is 5. The van der Waals surface area contributed by atoms with Gasteiger partial charge in [-0.15, -0.1) is 0 Å². The molecule has 4 rings (SSSR count). The summed E-state index contributed by atoms with van der Waals surface area (Å²) in [5.41, 5.74) is 3.01. The third-order valence-corrected chi connectivity index (χ3v) is 4.62. The number of fused-ring (bicyclic) bond motifs is 3. The molecule has 0 spiro atoms. The number of imidazole rings is 1. The van der Waals surface area contributed by atoms with E-state index in [4.69, 9.17) is 5.11 Å². The normalized spacial score (nSPS) is 11.6. The van der Waals surface area contributed by atoms with Crippen LogP contribution in [0.3, 0.4) is 0 Å². The molecule has 0 saturated heterocycles. The summed E-state index contributed by atoms with van der Waals surface area (Å²) in [6.07, 6.45) is 1.53. The van der Waals surface area contributed by atoms with Gasteiger partial charge in [0.2, 0.25) is 0 Å². The van der Waals surface area contributed by atoms with E-state index in [0.29, 0.717) is 38.7 Å². The van der Waals surface area contributed by atoms with Gasteiger partial charge in [-0.1, -0.05) is 12.1 Å². The Hall–Kier alpha value is -4.18. The first-order valence-electron chi connectivity index (χ1n) is 8.45. The van der Waals surface area contributed by atoms with E-state index < -0.39 is 5.97 Å². The van der Waals surface area contributed by atoms with E-state index in [9.17, 15) is 14.9 Å². The zero-order valence-corrected chi connectivity index (χ0v) is 14.8. The molecule has 0 fully saturated rings. The number of pyridine rings is 1. The molecule has 2 heterocycles. The zero-order valence-electron chi connectivity index (χ0n) is 14.8. The fourth-order valence-electron chi connectivity index (χ4n) is 3.15. The van der Waals surface area contributed by atoms with Gasteiger partial charge in [0.25, 0.3) is 5.56 Å². The maximum absolute atomic E-state index is 13.1. The highest BCUT2D eigenvalue weighted by Crippen LogP contribution is 2.17. The maximum Gasteiger partial charge on any atom is 0.335 e. The molecule has 2 aromatic carbocycles. The Morgan fingerprint density at radius 2 is 1.93 bits per heavy atom. The summed E-state index contributed by atoms with van der Waals surface area (Å²) >= 11 is 0. The number of carboxylic acids is 1. The number of anilines is 1. The number of nitrogens with one attached hydrogen (secondary N) is 1. The number of nitrogens with zero attached hydrogens (tertiary/aromatic N) is 3. The topological polar surface area (TPSA) is 107 Å². The zero-order chi connectivity index (χ0) is 19.8. The predicted octanol–water partition coefficient (Wildman–Crippen LogP) is 2.29. The summed E-state index contributed by atoms with van der Waals surface area (Å²) in [6, 6.07) is 15.5. The minimum Gasteiger partial charge on any atom is -0.478 e. The van der Waals surface area contributed by atoms with Gasteiger partial charge in [0.05, 0.1) is 27.4 Å². The van der Waals surface area contributed by atoms with Crippen LogP contribution in [0.2, 0.25) is 0 Å². The van der Waals surface area contributed by atoms with Crippen LogP contribution in [0, 0.1) is 18.3 Å². The molecule has 0 aliphatic rings. The van der Waals surface area contributed by atoms with Crippen molar-refractivity contribution in [2.45, 2.75) is 6.92 Å². The number of aromatic carboxylic acids is 1. The molecule has 0 saturated carbocycles. The molecule has 136 valence electrons. The fourth-order valence-corrected chi connectivity index (χ4v) is 3.15. The summed E-state index contributed by atoms with van der Waals surface area (Å²) in [5.74, 6) is -1.01. The van der Waals surface area contributed by atoms with Crippen LogP contribution in [-0.4, -0.2) is 20.5 Å². The van der Waals surface area contributed by atoms with E-state index >= 15 is 0 Å². The largest absolute Gasteiger partial charge is 0.478 e. The van der Waals surface area contributed by atoms with Crippen LogP contribution in [0.25, 0.3) is 22.9 Å². The highest BCUT2D eigenvalue weighted by molar-refractivity contribution is 5.88. The van der Waals surface area contributed by atoms with Gasteiger partial charge in [0, 0.05) is 11.9 Å². The van der Waals surface area contributed by atoms with E-state index in [0.717, 1.165) is 0 Å². The average molecular weight is 370 g/mol. The number of carboxylic acid groups (broad SMARTS) is 1. The average Bonchev–Trinajstić information content (AvgIpc) is 3.08. The Morgan fingerprint density at radius 3 is 2.61 bits per heavy atom. The van der Waals surface area contributed by atoms with Crippen molar-refractivity contribution in [1.29, 1.82) is 5.26 Å². The molecule has 7 heteroatoms. The quantitative estimate of drug-likeness (QED) is 0.573. The van der Waals surface area contributed by atoms with Gasteiger partial charge in [-0.2, -0.15) is 5.26 Å². The lowest BCUT2D eigenvalue weighted by Crippen LogP contribution is -2.34. The van der Waals surface area contributed by atoms with E-state index in [1.54, 1.807) is 31.2 Å². The minimum atomic E-state index is -1.01. The molecule has 0 bridgehead atoms. The molecular weight excluding hydrogens is 356 g/mol. The van der Waals surface area contributed by atoms with Gasteiger partial charge in [0.15, 0.2) is 5.65 Å². The minimum absolute atomic E-state index is 0.171. The highest BCUT2D eigenvalue weighted by Gasteiger charge is 2.15. The molecular formula is C21H14N4O3. The van der Waals surface area contributed by atoms with Crippen molar-refractivity contribution >= 4 is 34.5 Å². The molecule has 2 aromatic heterocycles. The molecule has 0 amide bonds. The van der Waals surface area contributed by atoms with Gasteiger partial charge in [-0.05, 0) is 48.9 Å². The monoisotopic (exact) mass is 370 g/mol. The number of para-hydroxylation sites is 2. The first-order valence-corrected chi connectivity index (χ1v) is 8.45. The lowest BCUT2D eigenvalue weighted by Gasteiger charge is -2.04. The number of hydrogen-bond donors (Lipinski definition) is 2. The van der Waals surface area contributed by atoms with Crippen LogP contribution in [-0.2, 0) is 0 Å². The van der Waals surface area contributed by atoms with Crippen LogP contribution in [0.5, 0.6) is 0 Å². The Labute approximate surface area is 158 Å². The smallest absolute Gasteiger partial charge is 0.335 e. The predicted molar refractivity (Wildman–Crippen MR) is 105 cm³/mol. The molecule has 0 radical (unpaired) electrons. The second-order valence-corrected chi connectivity index (χ2v) is 6.26. The molecule has 0 atom stereocenters. The second kappa shape index (κ2) is 6.52. The van der Waals surface area contributed by atoms with Crippen LogP contribution in [0.1, 0.15) is 21.5 Å². The maximum atomic E-state index is 13.1.